The molecule has 2 rings (SSSR count). The smallest absolute Gasteiger partial charge is 0.0701 e. The summed E-state index contributed by atoms with van der Waals surface area (Å²) in [5, 5.41) is 3.52. The molecule has 0 atom stereocenters. The van der Waals surface area contributed by atoms with E-state index in [9.17, 15) is 0 Å². The molecule has 0 unspecified atom stereocenters. The molecule has 0 aliphatic heterocycles. The Labute approximate surface area is 121 Å². The molecule has 0 aliphatic rings. The Kier molecular flexibility index (Phi) is 4.60. The molecule has 1 heterocycles. The van der Waals surface area contributed by atoms with Gasteiger partial charge in [-0.15, -0.1) is 11.3 Å². The van der Waals surface area contributed by atoms with E-state index in [4.69, 9.17) is 0 Å². The van der Waals surface area contributed by atoms with Crippen molar-refractivity contribution < 1.29 is 0 Å². The zero-order valence-corrected chi connectivity index (χ0v) is 13.4. The van der Waals surface area contributed by atoms with Crippen LogP contribution in [0.3, 0.4) is 0 Å². The van der Waals surface area contributed by atoms with Gasteiger partial charge >= 0.3 is 0 Å². The Morgan fingerprint density at radius 1 is 1.06 bits per heavy atom. The maximum Gasteiger partial charge on any atom is 0.0701 e. The van der Waals surface area contributed by atoms with Crippen molar-refractivity contribution in [2.24, 2.45) is 0 Å². The summed E-state index contributed by atoms with van der Waals surface area (Å²) >= 11 is 5.28. The second-order valence-corrected chi connectivity index (χ2v) is 7.23. The number of benzene rings is 1. The number of thiophene rings is 1. The van der Waals surface area contributed by atoms with Crippen LogP contribution in [-0.2, 0) is 13.1 Å². The number of hydrogen-bond acceptors (Lipinski definition) is 2. The molecule has 0 bridgehead atoms. The van der Waals surface area contributed by atoms with Crippen molar-refractivity contribution in [3.63, 3.8) is 0 Å². The van der Waals surface area contributed by atoms with Crippen LogP contribution < -0.4 is 5.32 Å². The maximum absolute atomic E-state index is 3.52. The quantitative estimate of drug-likeness (QED) is 0.858. The van der Waals surface area contributed by atoms with Crippen molar-refractivity contribution in [3.8, 4) is 0 Å². The van der Waals surface area contributed by atoms with E-state index in [0.29, 0.717) is 0 Å². The first kappa shape index (κ1) is 13.8. The highest BCUT2D eigenvalue weighted by Crippen LogP contribution is 2.22. The Hall–Kier alpha value is -0.640. The molecule has 0 saturated heterocycles. The van der Waals surface area contributed by atoms with E-state index >= 15 is 0 Å². The van der Waals surface area contributed by atoms with Gasteiger partial charge in [-0.3, -0.25) is 0 Å². The van der Waals surface area contributed by atoms with Crippen molar-refractivity contribution in [2.45, 2.75) is 33.9 Å². The molecule has 0 fully saturated rings. The molecular formula is C15H18BrNS. The van der Waals surface area contributed by atoms with Crippen LogP contribution in [-0.4, -0.2) is 0 Å². The predicted octanol–water partition coefficient (Wildman–Crippen LogP) is 4.73. The minimum atomic E-state index is 0.934. The average molecular weight is 324 g/mol. The van der Waals surface area contributed by atoms with Crippen molar-refractivity contribution in [3.05, 3.63) is 55.2 Å². The fraction of sp³-hybridized carbons (Fsp3) is 0.333. The van der Waals surface area contributed by atoms with Crippen LogP contribution >= 0.6 is 27.3 Å². The van der Waals surface area contributed by atoms with E-state index in [0.717, 1.165) is 13.1 Å². The molecular weight excluding hydrogens is 306 g/mol. The summed E-state index contributed by atoms with van der Waals surface area (Å²) in [5.74, 6) is 0. The van der Waals surface area contributed by atoms with E-state index in [1.807, 2.05) is 0 Å². The van der Waals surface area contributed by atoms with Gasteiger partial charge in [0.05, 0.1) is 3.79 Å². The normalized spacial score (nSPS) is 10.9. The number of rotatable bonds is 4. The molecule has 3 heteroatoms. The largest absolute Gasteiger partial charge is 0.308 e. The molecule has 18 heavy (non-hydrogen) atoms. The molecule has 1 aromatic heterocycles. The van der Waals surface area contributed by atoms with Gasteiger partial charge in [-0.25, -0.2) is 0 Å². The first-order valence-corrected chi connectivity index (χ1v) is 7.69. The van der Waals surface area contributed by atoms with Crippen molar-refractivity contribution in [2.75, 3.05) is 0 Å². The average Bonchev–Trinajstić information content (AvgIpc) is 2.68. The summed E-state index contributed by atoms with van der Waals surface area (Å²) in [6, 6.07) is 8.78. The maximum atomic E-state index is 3.52. The zero-order valence-electron chi connectivity index (χ0n) is 11.0. The predicted molar refractivity (Wildman–Crippen MR) is 83.2 cm³/mol. The van der Waals surface area contributed by atoms with Crippen molar-refractivity contribution in [1.29, 1.82) is 0 Å². The van der Waals surface area contributed by atoms with Crippen LogP contribution in [0, 0.1) is 20.8 Å². The molecule has 0 amide bonds. The molecule has 0 spiro atoms. The summed E-state index contributed by atoms with van der Waals surface area (Å²) < 4.78 is 1.20. The van der Waals surface area contributed by atoms with E-state index < -0.39 is 0 Å². The Balaban J connectivity index is 1.98. The van der Waals surface area contributed by atoms with Crippen LogP contribution in [0.1, 0.15) is 27.1 Å². The first-order chi connectivity index (χ1) is 8.56. The van der Waals surface area contributed by atoms with Crippen LogP contribution in [0.15, 0.2) is 28.1 Å². The number of aryl methyl sites for hydroxylation is 3. The van der Waals surface area contributed by atoms with E-state index in [2.05, 4.69) is 66.3 Å². The fourth-order valence-electron chi connectivity index (χ4n) is 2.25. The molecule has 96 valence electrons. The fourth-order valence-corrected chi connectivity index (χ4v) is 3.70. The first-order valence-electron chi connectivity index (χ1n) is 6.08. The van der Waals surface area contributed by atoms with Gasteiger partial charge in [0.1, 0.15) is 0 Å². The van der Waals surface area contributed by atoms with E-state index in [-0.39, 0.29) is 0 Å². The van der Waals surface area contributed by atoms with Gasteiger partial charge in [0.2, 0.25) is 0 Å². The van der Waals surface area contributed by atoms with Gasteiger partial charge in [0, 0.05) is 18.0 Å². The topological polar surface area (TPSA) is 12.0 Å². The van der Waals surface area contributed by atoms with Crippen molar-refractivity contribution in [1.82, 2.24) is 5.32 Å². The third-order valence-electron chi connectivity index (χ3n) is 3.07. The SMILES string of the molecule is Cc1cc(C)c(CNCc2ccc(Br)s2)c(C)c1. The molecule has 0 aliphatic carbocycles. The minimum Gasteiger partial charge on any atom is -0.308 e. The Morgan fingerprint density at radius 2 is 1.72 bits per heavy atom. The lowest BCUT2D eigenvalue weighted by molar-refractivity contribution is 0.695. The number of hydrogen-bond donors (Lipinski definition) is 1. The lowest BCUT2D eigenvalue weighted by Crippen LogP contribution is -2.13. The minimum absolute atomic E-state index is 0.934. The van der Waals surface area contributed by atoms with Crippen LogP contribution in [0.25, 0.3) is 0 Å². The summed E-state index contributed by atoms with van der Waals surface area (Å²) in [5.41, 5.74) is 5.53. The van der Waals surface area contributed by atoms with E-state index in [1.54, 1.807) is 11.3 Å². The molecule has 0 saturated carbocycles. The summed E-state index contributed by atoms with van der Waals surface area (Å²) in [4.78, 5) is 1.37. The Bertz CT molecular complexity index is 522. The van der Waals surface area contributed by atoms with Gasteiger partial charge < -0.3 is 5.32 Å². The number of halogens is 1. The number of nitrogens with one attached hydrogen (secondary N) is 1. The third kappa shape index (κ3) is 3.44. The monoisotopic (exact) mass is 323 g/mol. The van der Waals surface area contributed by atoms with Crippen molar-refractivity contribution >= 4 is 27.3 Å². The highest BCUT2D eigenvalue weighted by Gasteiger charge is 2.04. The second kappa shape index (κ2) is 6.00. The lowest BCUT2D eigenvalue weighted by Gasteiger charge is -2.12. The van der Waals surface area contributed by atoms with Crippen LogP contribution in [0.2, 0.25) is 0 Å². The van der Waals surface area contributed by atoms with Gasteiger partial charge in [-0.2, -0.15) is 0 Å². The summed E-state index contributed by atoms with van der Waals surface area (Å²) in [6.45, 7) is 8.41. The molecule has 2 aromatic rings. The van der Waals surface area contributed by atoms with Crippen LogP contribution in [0.4, 0.5) is 0 Å². The molecule has 0 radical (unpaired) electrons. The highest BCUT2D eigenvalue weighted by atomic mass is 79.9. The molecule has 1 aromatic carbocycles. The molecule has 1 nitrogen and oxygen atoms in total. The third-order valence-corrected chi connectivity index (χ3v) is 4.69. The summed E-state index contributed by atoms with van der Waals surface area (Å²) in [7, 11) is 0. The highest BCUT2D eigenvalue weighted by molar-refractivity contribution is 9.11. The lowest BCUT2D eigenvalue weighted by atomic mass is 10.00. The van der Waals surface area contributed by atoms with E-state index in [1.165, 1.54) is 30.9 Å². The second-order valence-electron chi connectivity index (χ2n) is 4.69. The zero-order chi connectivity index (χ0) is 13.1. The Morgan fingerprint density at radius 3 is 2.28 bits per heavy atom. The van der Waals surface area contributed by atoms with Gasteiger partial charge in [0.15, 0.2) is 0 Å². The van der Waals surface area contributed by atoms with Gasteiger partial charge in [-0.1, -0.05) is 17.7 Å². The standard InChI is InChI=1S/C15H18BrNS/c1-10-6-11(2)14(12(3)7-10)9-17-8-13-4-5-15(16)18-13/h4-7,17H,8-9H2,1-3H3. The molecule has 1 N–H and O–H groups in total. The van der Waals surface area contributed by atoms with Crippen LogP contribution in [0.5, 0.6) is 0 Å². The van der Waals surface area contributed by atoms with Gasteiger partial charge in [-0.05, 0) is 65.5 Å². The summed E-state index contributed by atoms with van der Waals surface area (Å²) in [6.07, 6.45) is 0. The van der Waals surface area contributed by atoms with Gasteiger partial charge in [0.25, 0.3) is 0 Å².